The summed E-state index contributed by atoms with van der Waals surface area (Å²) in [4.78, 5) is 18.9. The Hall–Kier alpha value is -3.78. The van der Waals surface area contributed by atoms with Gasteiger partial charge in [-0.2, -0.15) is 0 Å². The van der Waals surface area contributed by atoms with Crippen molar-refractivity contribution in [3.05, 3.63) is 87.4 Å². The number of rotatable bonds is 6. The van der Waals surface area contributed by atoms with Gasteiger partial charge in [-0.1, -0.05) is 24.3 Å². The van der Waals surface area contributed by atoms with Crippen molar-refractivity contribution in [3.8, 4) is 22.4 Å². The number of benzene rings is 2. The first-order valence-electron chi connectivity index (χ1n) is 9.20. The number of aromatic nitrogens is 2. The highest BCUT2D eigenvalue weighted by Crippen LogP contribution is 2.28. The molecule has 0 saturated heterocycles. The molecule has 5 aromatic rings. The summed E-state index contributed by atoms with van der Waals surface area (Å²) in [5.74, 6) is 0.618. The average molecular weight is 420 g/mol. The average Bonchev–Trinajstić information content (AvgIpc) is 3.47. The lowest BCUT2D eigenvalue weighted by Gasteiger charge is -2.07. The lowest BCUT2D eigenvalue weighted by atomic mass is 10.1. The highest BCUT2D eigenvalue weighted by Gasteiger charge is 2.11. The van der Waals surface area contributed by atoms with Gasteiger partial charge in [-0.15, -0.1) is 11.3 Å². The van der Waals surface area contributed by atoms with Crippen LogP contribution < -0.4 is 10.5 Å². The van der Waals surface area contributed by atoms with Gasteiger partial charge in [0.15, 0.2) is 11.3 Å². The van der Waals surface area contributed by atoms with Crippen molar-refractivity contribution >= 4 is 22.4 Å². The monoisotopic (exact) mass is 420 g/mol. The minimum absolute atomic E-state index is 0.205. The first kappa shape index (κ1) is 18.3. The zero-order valence-electron chi connectivity index (χ0n) is 15.6. The third kappa shape index (κ3) is 3.72. The molecule has 150 valence electrons. The van der Waals surface area contributed by atoms with Crippen LogP contribution in [-0.2, 0) is 13.0 Å². The van der Waals surface area contributed by atoms with Gasteiger partial charge in [-0.05, 0) is 46.8 Å². The molecule has 7 nitrogen and oxygen atoms in total. The SMILES string of the molecule is O=c1[nH]c(O)c(Cc2ccc(OCc3ccc4oc(-c5cccs5)nc4c3)cc2)o1. The van der Waals surface area contributed by atoms with Crippen LogP contribution >= 0.6 is 11.3 Å². The molecular formula is C22H16N2O5S. The maximum absolute atomic E-state index is 11.1. The Morgan fingerprint density at radius 1 is 1.07 bits per heavy atom. The van der Waals surface area contributed by atoms with Crippen LogP contribution in [0.1, 0.15) is 16.9 Å². The predicted molar refractivity (Wildman–Crippen MR) is 112 cm³/mol. The molecule has 0 atom stereocenters. The number of oxazole rings is 2. The zero-order valence-corrected chi connectivity index (χ0v) is 16.4. The molecule has 5 rings (SSSR count). The molecule has 0 spiro atoms. The minimum atomic E-state index is -0.672. The van der Waals surface area contributed by atoms with Crippen LogP contribution in [0, 0.1) is 0 Å². The predicted octanol–water partition coefficient (Wildman–Crippen LogP) is 4.71. The standard InChI is InChI=1S/C22H16N2O5S/c25-20-18(29-22(26)24-20)11-13-3-6-15(7-4-13)27-12-14-5-8-17-16(10-14)23-21(28-17)19-2-1-9-30-19/h1-10,25H,11-12H2,(H,24,26). The first-order chi connectivity index (χ1) is 14.6. The van der Waals surface area contributed by atoms with Crippen molar-refractivity contribution in [2.45, 2.75) is 13.0 Å². The van der Waals surface area contributed by atoms with E-state index in [-0.39, 0.29) is 11.6 Å². The van der Waals surface area contributed by atoms with E-state index in [9.17, 15) is 9.90 Å². The van der Waals surface area contributed by atoms with Crippen LogP contribution in [0.25, 0.3) is 21.9 Å². The Morgan fingerprint density at radius 2 is 1.90 bits per heavy atom. The zero-order chi connectivity index (χ0) is 20.5. The second-order valence-corrected chi connectivity index (χ2v) is 7.64. The number of nitrogens with one attached hydrogen (secondary N) is 1. The molecule has 2 N–H and O–H groups in total. The van der Waals surface area contributed by atoms with Gasteiger partial charge in [-0.25, -0.2) is 9.78 Å². The molecule has 8 heteroatoms. The molecule has 0 aliphatic carbocycles. The lowest BCUT2D eigenvalue weighted by molar-refractivity contribution is 0.306. The molecule has 0 fully saturated rings. The number of H-pyrrole nitrogens is 1. The third-order valence-electron chi connectivity index (χ3n) is 4.58. The fourth-order valence-corrected chi connectivity index (χ4v) is 3.74. The quantitative estimate of drug-likeness (QED) is 0.412. The molecule has 30 heavy (non-hydrogen) atoms. The molecule has 0 aliphatic heterocycles. The van der Waals surface area contributed by atoms with Gasteiger partial charge in [0.1, 0.15) is 17.9 Å². The summed E-state index contributed by atoms with van der Waals surface area (Å²) in [6.45, 7) is 0.393. The van der Waals surface area contributed by atoms with Crippen LogP contribution in [0.2, 0.25) is 0 Å². The van der Waals surface area contributed by atoms with Crippen molar-refractivity contribution in [1.29, 1.82) is 0 Å². The molecule has 0 saturated carbocycles. The van der Waals surface area contributed by atoms with E-state index < -0.39 is 5.76 Å². The van der Waals surface area contributed by atoms with E-state index in [1.54, 1.807) is 11.3 Å². The summed E-state index contributed by atoms with van der Waals surface area (Å²) in [6.07, 6.45) is 0.306. The highest BCUT2D eigenvalue weighted by atomic mass is 32.1. The van der Waals surface area contributed by atoms with Crippen LogP contribution in [0.4, 0.5) is 0 Å². The van der Waals surface area contributed by atoms with Crippen molar-refractivity contribution < 1.29 is 18.7 Å². The Labute approximate surface area is 174 Å². The number of aromatic hydroxyl groups is 1. The number of fused-ring (bicyclic) bond motifs is 1. The van der Waals surface area contributed by atoms with Crippen LogP contribution in [0.15, 0.2) is 73.6 Å². The van der Waals surface area contributed by atoms with Crippen molar-refractivity contribution in [1.82, 2.24) is 9.97 Å². The number of hydrogen-bond donors (Lipinski definition) is 2. The summed E-state index contributed by atoms with van der Waals surface area (Å²) >= 11 is 1.59. The summed E-state index contributed by atoms with van der Waals surface area (Å²) in [5.41, 5.74) is 3.40. The van der Waals surface area contributed by atoms with Gasteiger partial charge in [0, 0.05) is 6.42 Å². The molecule has 0 unspecified atom stereocenters. The lowest BCUT2D eigenvalue weighted by Crippen LogP contribution is -1.96. The number of hydrogen-bond acceptors (Lipinski definition) is 7. The van der Waals surface area contributed by atoms with Gasteiger partial charge in [0.2, 0.25) is 11.8 Å². The molecule has 2 aromatic carbocycles. The summed E-state index contributed by atoms with van der Waals surface area (Å²) in [7, 11) is 0. The van der Waals surface area contributed by atoms with E-state index in [2.05, 4.69) is 9.97 Å². The largest absolute Gasteiger partial charge is 0.492 e. The molecule has 0 amide bonds. The van der Waals surface area contributed by atoms with Crippen molar-refractivity contribution in [2.24, 2.45) is 0 Å². The molecule has 0 radical (unpaired) electrons. The topological polar surface area (TPSA) is 101 Å². The Balaban J connectivity index is 1.26. The third-order valence-corrected chi connectivity index (χ3v) is 5.44. The van der Waals surface area contributed by atoms with Gasteiger partial charge < -0.3 is 18.7 Å². The fourth-order valence-electron chi connectivity index (χ4n) is 3.10. The summed E-state index contributed by atoms with van der Waals surface area (Å²) in [6, 6.07) is 17.1. The van der Waals surface area contributed by atoms with Gasteiger partial charge in [0.05, 0.1) is 4.88 Å². The number of thiophene rings is 1. The van der Waals surface area contributed by atoms with E-state index in [1.165, 1.54) is 0 Å². The van der Waals surface area contributed by atoms with Crippen LogP contribution in [-0.4, -0.2) is 15.1 Å². The summed E-state index contributed by atoms with van der Waals surface area (Å²) < 4.78 is 16.6. The van der Waals surface area contributed by atoms with Gasteiger partial charge >= 0.3 is 5.76 Å². The first-order valence-corrected chi connectivity index (χ1v) is 10.1. The summed E-state index contributed by atoms with van der Waals surface area (Å²) in [5, 5.41) is 11.6. The second-order valence-electron chi connectivity index (χ2n) is 6.69. The molecule has 0 aliphatic rings. The molecule has 3 heterocycles. The number of nitrogens with zero attached hydrogens (tertiary/aromatic N) is 1. The van der Waals surface area contributed by atoms with Gasteiger partial charge in [-0.3, -0.25) is 4.98 Å². The second kappa shape index (κ2) is 7.57. The van der Waals surface area contributed by atoms with Crippen molar-refractivity contribution in [2.75, 3.05) is 0 Å². The maximum atomic E-state index is 11.1. The molecule has 3 aromatic heterocycles. The van der Waals surface area contributed by atoms with E-state index in [0.29, 0.717) is 24.7 Å². The Kier molecular flexibility index (Phi) is 4.61. The smallest absolute Gasteiger partial charge is 0.419 e. The molecule has 0 bridgehead atoms. The van der Waals surface area contributed by atoms with E-state index >= 15 is 0 Å². The fraction of sp³-hybridized carbons (Fsp3) is 0.0909. The minimum Gasteiger partial charge on any atom is -0.492 e. The van der Waals surface area contributed by atoms with E-state index in [4.69, 9.17) is 13.6 Å². The van der Waals surface area contributed by atoms with Gasteiger partial charge in [0.25, 0.3) is 0 Å². The normalized spacial score (nSPS) is 11.2. The van der Waals surface area contributed by atoms with E-state index in [0.717, 1.165) is 27.1 Å². The maximum Gasteiger partial charge on any atom is 0.419 e. The van der Waals surface area contributed by atoms with Crippen LogP contribution in [0.5, 0.6) is 11.6 Å². The van der Waals surface area contributed by atoms with Crippen LogP contribution in [0.3, 0.4) is 0 Å². The van der Waals surface area contributed by atoms with E-state index in [1.807, 2.05) is 60.0 Å². The number of aromatic amines is 1. The Bertz CT molecular complexity index is 1350. The highest BCUT2D eigenvalue weighted by molar-refractivity contribution is 7.13. The number of ether oxygens (including phenoxy) is 1. The van der Waals surface area contributed by atoms with Crippen molar-refractivity contribution in [3.63, 3.8) is 0 Å². The molecular weight excluding hydrogens is 404 g/mol. The Morgan fingerprint density at radius 3 is 2.63 bits per heavy atom.